The monoisotopic (exact) mass is 140 g/mol. The Hall–Kier alpha value is -0.410. The molecular formula is C7H12N2O. The first kappa shape index (κ1) is 6.31. The summed E-state index contributed by atoms with van der Waals surface area (Å²) in [5.74, 6) is 0.413. The quantitative estimate of drug-likeness (QED) is 0.482. The summed E-state index contributed by atoms with van der Waals surface area (Å²) in [5, 5.41) is 6.54. The highest BCUT2D eigenvalue weighted by molar-refractivity contribution is 5.82. The van der Waals surface area contributed by atoms with E-state index < -0.39 is 0 Å². The minimum absolute atomic E-state index is 0.150. The molecule has 1 heterocycles. The van der Waals surface area contributed by atoms with E-state index in [1.165, 1.54) is 0 Å². The summed E-state index contributed by atoms with van der Waals surface area (Å²) in [6.45, 7) is 1.84. The lowest BCUT2D eigenvalue weighted by Crippen LogP contribution is -2.39. The predicted octanol–water partition coefficient (Wildman–Crippen LogP) is -0.372. The minimum Gasteiger partial charge on any atom is -0.303 e. The Bertz CT molecular complexity index is 161. The molecule has 1 unspecified atom stereocenters. The molecule has 1 aliphatic heterocycles. The van der Waals surface area contributed by atoms with Gasteiger partial charge in [-0.15, -0.1) is 0 Å². The first-order chi connectivity index (χ1) is 4.81. The third-order valence-corrected chi connectivity index (χ3v) is 2.47. The molecule has 2 aliphatic rings. The fourth-order valence-corrected chi connectivity index (χ4v) is 1.85. The Kier molecular flexibility index (Phi) is 1.28. The van der Waals surface area contributed by atoms with Gasteiger partial charge < -0.3 is 5.32 Å². The van der Waals surface area contributed by atoms with Crippen LogP contribution < -0.4 is 10.6 Å². The topological polar surface area (TPSA) is 41.1 Å². The van der Waals surface area contributed by atoms with Crippen molar-refractivity contribution in [3.63, 3.8) is 0 Å². The number of carbonyl (C=O) groups excluding carboxylic acids is 1. The van der Waals surface area contributed by atoms with Crippen LogP contribution in [0.4, 0.5) is 0 Å². The summed E-state index contributed by atoms with van der Waals surface area (Å²) in [6.07, 6.45) is 2.54. The third-order valence-electron chi connectivity index (χ3n) is 2.47. The number of nitrogens with one attached hydrogen (secondary N) is 2. The molecule has 0 aromatic carbocycles. The van der Waals surface area contributed by atoms with Gasteiger partial charge in [0, 0.05) is 31.6 Å². The van der Waals surface area contributed by atoms with Crippen LogP contribution in [0, 0.1) is 0 Å². The van der Waals surface area contributed by atoms with Gasteiger partial charge in [-0.25, -0.2) is 0 Å². The van der Waals surface area contributed by atoms with Crippen molar-refractivity contribution < 1.29 is 4.79 Å². The standard InChI is InChI=1S/C7H12N2O/c10-6-1-2-7(3-6)4-8-5-9-7/h8-9H,1-5H2. The maximum Gasteiger partial charge on any atom is 0.134 e. The van der Waals surface area contributed by atoms with Gasteiger partial charge in [0.2, 0.25) is 0 Å². The molecule has 1 spiro atoms. The fourth-order valence-electron chi connectivity index (χ4n) is 1.85. The Morgan fingerprint density at radius 2 is 2.40 bits per heavy atom. The second-order valence-corrected chi connectivity index (χ2v) is 3.28. The SMILES string of the molecule is O=C1CCC2(CNCN2)C1. The van der Waals surface area contributed by atoms with Gasteiger partial charge in [-0.05, 0) is 6.42 Å². The van der Waals surface area contributed by atoms with Crippen molar-refractivity contribution in [1.82, 2.24) is 10.6 Å². The van der Waals surface area contributed by atoms with E-state index in [1.807, 2.05) is 0 Å². The van der Waals surface area contributed by atoms with Crippen molar-refractivity contribution >= 4 is 5.78 Å². The van der Waals surface area contributed by atoms with Gasteiger partial charge >= 0.3 is 0 Å². The highest BCUT2D eigenvalue weighted by Crippen LogP contribution is 2.27. The molecule has 3 heteroatoms. The number of hydrogen-bond donors (Lipinski definition) is 2. The van der Waals surface area contributed by atoms with Crippen LogP contribution in [0.3, 0.4) is 0 Å². The van der Waals surface area contributed by atoms with Gasteiger partial charge in [0.05, 0.1) is 0 Å². The Morgan fingerprint density at radius 1 is 1.50 bits per heavy atom. The number of hydrogen-bond acceptors (Lipinski definition) is 3. The van der Waals surface area contributed by atoms with E-state index in [0.717, 1.165) is 32.5 Å². The largest absolute Gasteiger partial charge is 0.303 e. The molecule has 2 rings (SSSR count). The van der Waals surface area contributed by atoms with Gasteiger partial charge in [0.15, 0.2) is 0 Å². The molecule has 0 amide bonds. The van der Waals surface area contributed by atoms with Crippen molar-refractivity contribution in [2.75, 3.05) is 13.2 Å². The van der Waals surface area contributed by atoms with Crippen LogP contribution in [0.5, 0.6) is 0 Å². The van der Waals surface area contributed by atoms with Crippen LogP contribution in [-0.4, -0.2) is 24.5 Å². The highest BCUT2D eigenvalue weighted by Gasteiger charge is 2.39. The summed E-state index contributed by atoms with van der Waals surface area (Å²) in [6, 6.07) is 0. The number of rotatable bonds is 0. The van der Waals surface area contributed by atoms with E-state index in [0.29, 0.717) is 5.78 Å². The third kappa shape index (κ3) is 0.859. The molecule has 1 aliphatic carbocycles. The normalized spacial score (nSPS) is 39.8. The van der Waals surface area contributed by atoms with Gasteiger partial charge in [-0.3, -0.25) is 10.1 Å². The fraction of sp³-hybridized carbons (Fsp3) is 0.857. The average molecular weight is 140 g/mol. The second-order valence-electron chi connectivity index (χ2n) is 3.28. The minimum atomic E-state index is 0.150. The van der Waals surface area contributed by atoms with Gasteiger partial charge in [0.25, 0.3) is 0 Å². The van der Waals surface area contributed by atoms with Crippen LogP contribution in [0.15, 0.2) is 0 Å². The summed E-state index contributed by atoms with van der Waals surface area (Å²) in [5.41, 5.74) is 0.150. The number of ketones is 1. The van der Waals surface area contributed by atoms with Gasteiger partial charge in [-0.1, -0.05) is 0 Å². The zero-order valence-corrected chi connectivity index (χ0v) is 5.94. The molecule has 0 aromatic rings. The predicted molar refractivity (Wildman–Crippen MR) is 37.6 cm³/mol. The van der Waals surface area contributed by atoms with Crippen molar-refractivity contribution in [2.24, 2.45) is 0 Å². The van der Waals surface area contributed by atoms with E-state index in [4.69, 9.17) is 0 Å². The van der Waals surface area contributed by atoms with E-state index in [2.05, 4.69) is 10.6 Å². The molecule has 0 bridgehead atoms. The van der Waals surface area contributed by atoms with E-state index in [1.54, 1.807) is 0 Å². The Labute approximate surface area is 60.2 Å². The molecule has 2 N–H and O–H groups in total. The number of Topliss-reactive ketones (excluding diaryl/α,β-unsaturated/α-hetero) is 1. The lowest BCUT2D eigenvalue weighted by Gasteiger charge is -2.19. The van der Waals surface area contributed by atoms with Crippen LogP contribution in [0.25, 0.3) is 0 Å². The highest BCUT2D eigenvalue weighted by atomic mass is 16.1. The maximum absolute atomic E-state index is 10.9. The summed E-state index contributed by atoms with van der Waals surface area (Å²) in [7, 11) is 0. The Morgan fingerprint density at radius 3 is 2.90 bits per heavy atom. The lowest BCUT2D eigenvalue weighted by molar-refractivity contribution is -0.117. The molecule has 56 valence electrons. The van der Waals surface area contributed by atoms with Crippen LogP contribution in [-0.2, 0) is 4.79 Å². The molecule has 1 saturated heterocycles. The van der Waals surface area contributed by atoms with Crippen LogP contribution in [0.2, 0.25) is 0 Å². The summed E-state index contributed by atoms with van der Waals surface area (Å²) >= 11 is 0. The first-order valence-corrected chi connectivity index (χ1v) is 3.78. The molecule has 2 fully saturated rings. The zero-order chi connectivity index (χ0) is 7.03. The Balaban J connectivity index is 2.09. The average Bonchev–Trinajstić information content (AvgIpc) is 2.46. The van der Waals surface area contributed by atoms with Crippen molar-refractivity contribution in [3.05, 3.63) is 0 Å². The lowest BCUT2D eigenvalue weighted by atomic mass is 10.00. The molecule has 1 atom stereocenters. The van der Waals surface area contributed by atoms with Gasteiger partial charge in [-0.2, -0.15) is 0 Å². The smallest absolute Gasteiger partial charge is 0.134 e. The van der Waals surface area contributed by atoms with Crippen molar-refractivity contribution in [2.45, 2.75) is 24.8 Å². The molecular weight excluding hydrogens is 128 g/mol. The molecule has 3 nitrogen and oxygen atoms in total. The second kappa shape index (κ2) is 2.04. The van der Waals surface area contributed by atoms with E-state index in [-0.39, 0.29) is 5.54 Å². The first-order valence-electron chi connectivity index (χ1n) is 3.78. The maximum atomic E-state index is 10.9. The van der Waals surface area contributed by atoms with E-state index >= 15 is 0 Å². The van der Waals surface area contributed by atoms with Crippen molar-refractivity contribution in [3.8, 4) is 0 Å². The molecule has 0 radical (unpaired) electrons. The summed E-state index contributed by atoms with van der Waals surface area (Å²) in [4.78, 5) is 10.9. The van der Waals surface area contributed by atoms with Gasteiger partial charge in [0.1, 0.15) is 5.78 Å². The molecule has 10 heavy (non-hydrogen) atoms. The van der Waals surface area contributed by atoms with E-state index in [9.17, 15) is 4.79 Å². The summed E-state index contributed by atoms with van der Waals surface area (Å²) < 4.78 is 0. The van der Waals surface area contributed by atoms with Crippen LogP contribution >= 0.6 is 0 Å². The van der Waals surface area contributed by atoms with Crippen LogP contribution in [0.1, 0.15) is 19.3 Å². The molecule has 0 aromatic heterocycles. The molecule has 1 saturated carbocycles. The number of carbonyl (C=O) groups is 1. The zero-order valence-electron chi connectivity index (χ0n) is 5.94. The van der Waals surface area contributed by atoms with Crippen molar-refractivity contribution in [1.29, 1.82) is 0 Å².